The fourth-order valence-electron chi connectivity index (χ4n) is 1.26. The first-order chi connectivity index (χ1) is 7.99. The molecule has 0 aromatic heterocycles. The van der Waals surface area contributed by atoms with Crippen LogP contribution in [0.3, 0.4) is 0 Å². The molecule has 0 amide bonds. The molecule has 6 nitrogen and oxygen atoms in total. The quantitative estimate of drug-likeness (QED) is 0.345. The van der Waals surface area contributed by atoms with Crippen molar-refractivity contribution in [3.63, 3.8) is 0 Å². The van der Waals surface area contributed by atoms with Gasteiger partial charge >= 0.3 is 11.9 Å². The molecule has 0 saturated heterocycles. The molecule has 0 fully saturated rings. The van der Waals surface area contributed by atoms with Crippen LogP contribution in [-0.2, 0) is 9.53 Å². The van der Waals surface area contributed by atoms with E-state index in [1.54, 1.807) is 6.92 Å². The zero-order chi connectivity index (χ0) is 13.0. The summed E-state index contributed by atoms with van der Waals surface area (Å²) in [5, 5.41) is 8.81. The molecular weight excluding hydrogens is 226 g/mol. The Bertz CT molecular complexity index is 481. The summed E-state index contributed by atoms with van der Waals surface area (Å²) in [6, 6.07) is 3.87. The molecule has 0 aliphatic rings. The third-order valence-corrected chi connectivity index (χ3v) is 2.04. The van der Waals surface area contributed by atoms with Crippen molar-refractivity contribution in [1.82, 2.24) is 0 Å². The minimum absolute atomic E-state index is 0.0586. The molecule has 0 aliphatic heterocycles. The van der Waals surface area contributed by atoms with Crippen LogP contribution in [0, 0.1) is 0 Å². The van der Waals surface area contributed by atoms with E-state index in [1.165, 1.54) is 18.2 Å². The van der Waals surface area contributed by atoms with E-state index < -0.39 is 17.7 Å². The van der Waals surface area contributed by atoms with E-state index in [0.29, 0.717) is 0 Å². The Labute approximate surface area is 97.0 Å². The molecule has 90 valence electrons. The lowest BCUT2D eigenvalue weighted by Gasteiger charge is -2.06. The van der Waals surface area contributed by atoms with Crippen molar-refractivity contribution in [2.75, 3.05) is 12.3 Å². The van der Waals surface area contributed by atoms with E-state index in [-0.39, 0.29) is 23.4 Å². The number of aromatic carboxylic acids is 1. The van der Waals surface area contributed by atoms with Gasteiger partial charge in [-0.1, -0.05) is 6.07 Å². The highest BCUT2D eigenvalue weighted by molar-refractivity contribution is 6.42. The van der Waals surface area contributed by atoms with Crippen LogP contribution in [0.15, 0.2) is 18.2 Å². The number of carbonyl (C=O) groups excluding carboxylic acids is 2. The maximum atomic E-state index is 11.6. The summed E-state index contributed by atoms with van der Waals surface area (Å²) in [4.78, 5) is 33.6. The van der Waals surface area contributed by atoms with Crippen LogP contribution >= 0.6 is 0 Å². The average Bonchev–Trinajstić information content (AvgIpc) is 2.28. The lowest BCUT2D eigenvalue weighted by molar-refractivity contribution is -0.137. The number of carboxylic acid groups (broad SMARTS) is 1. The predicted molar refractivity (Wildman–Crippen MR) is 58.8 cm³/mol. The smallest absolute Gasteiger partial charge is 0.379 e. The third-order valence-electron chi connectivity index (χ3n) is 2.04. The Balaban J connectivity index is 3.15. The predicted octanol–water partition coefficient (Wildman–Crippen LogP) is 0.713. The summed E-state index contributed by atoms with van der Waals surface area (Å²) in [5.74, 6) is -3.27. The number of anilines is 1. The maximum Gasteiger partial charge on any atom is 0.379 e. The van der Waals surface area contributed by atoms with Crippen LogP contribution < -0.4 is 5.73 Å². The minimum Gasteiger partial charge on any atom is -0.478 e. The monoisotopic (exact) mass is 237 g/mol. The number of para-hydroxylation sites is 1. The van der Waals surface area contributed by atoms with E-state index in [4.69, 9.17) is 10.8 Å². The van der Waals surface area contributed by atoms with Crippen molar-refractivity contribution >= 4 is 23.4 Å². The van der Waals surface area contributed by atoms with Gasteiger partial charge in [-0.25, -0.2) is 9.59 Å². The first-order valence-electron chi connectivity index (χ1n) is 4.82. The molecule has 0 unspecified atom stereocenters. The number of hydrogen-bond acceptors (Lipinski definition) is 5. The van der Waals surface area contributed by atoms with E-state index in [0.717, 1.165) is 0 Å². The number of benzene rings is 1. The summed E-state index contributed by atoms with van der Waals surface area (Å²) in [6.45, 7) is 1.62. The number of Topliss-reactive ketones (excluding diaryl/α,β-unsaturated/α-hetero) is 1. The van der Waals surface area contributed by atoms with E-state index >= 15 is 0 Å². The Morgan fingerprint density at radius 1 is 1.29 bits per heavy atom. The molecule has 3 N–H and O–H groups in total. The highest BCUT2D eigenvalue weighted by Gasteiger charge is 2.22. The van der Waals surface area contributed by atoms with Gasteiger partial charge in [0.05, 0.1) is 23.4 Å². The van der Waals surface area contributed by atoms with Crippen LogP contribution in [0.5, 0.6) is 0 Å². The number of ketones is 1. The van der Waals surface area contributed by atoms with Gasteiger partial charge in [0.25, 0.3) is 5.78 Å². The third kappa shape index (κ3) is 2.60. The molecule has 0 atom stereocenters. The van der Waals surface area contributed by atoms with Gasteiger partial charge in [-0.2, -0.15) is 0 Å². The molecule has 1 aromatic rings. The molecule has 0 radical (unpaired) electrons. The van der Waals surface area contributed by atoms with Crippen LogP contribution in [0.4, 0.5) is 5.69 Å². The standard InChI is InChI=1S/C11H11NO5/c1-2-17-11(16)9(13)6-4-3-5-7(8(6)12)10(14)15/h3-5H,2,12H2,1H3,(H,14,15). The highest BCUT2D eigenvalue weighted by atomic mass is 16.5. The summed E-state index contributed by atoms with van der Waals surface area (Å²) in [6.07, 6.45) is 0. The molecule has 0 spiro atoms. The van der Waals surface area contributed by atoms with Crippen LogP contribution in [0.25, 0.3) is 0 Å². The molecule has 6 heteroatoms. The molecule has 1 aromatic carbocycles. The lowest BCUT2D eigenvalue weighted by Crippen LogP contribution is -2.20. The number of esters is 1. The molecule has 0 aliphatic carbocycles. The van der Waals surface area contributed by atoms with E-state index in [1.807, 2.05) is 0 Å². The number of nitrogens with two attached hydrogens (primary N) is 1. The van der Waals surface area contributed by atoms with Gasteiger partial charge in [-0.15, -0.1) is 0 Å². The van der Waals surface area contributed by atoms with E-state index in [9.17, 15) is 14.4 Å². The minimum atomic E-state index is -1.26. The summed E-state index contributed by atoms with van der Waals surface area (Å²) in [7, 11) is 0. The van der Waals surface area contributed by atoms with Gasteiger partial charge in [0.1, 0.15) is 0 Å². The van der Waals surface area contributed by atoms with Crippen LogP contribution in [0.1, 0.15) is 27.6 Å². The normalized spacial score (nSPS) is 9.71. The fraction of sp³-hybridized carbons (Fsp3) is 0.182. The zero-order valence-corrected chi connectivity index (χ0v) is 9.10. The van der Waals surface area contributed by atoms with Crippen LogP contribution in [0.2, 0.25) is 0 Å². The van der Waals surface area contributed by atoms with Gasteiger partial charge in [-0.3, -0.25) is 4.79 Å². The first kappa shape index (κ1) is 12.7. The Morgan fingerprint density at radius 2 is 1.88 bits per heavy atom. The second kappa shape index (κ2) is 5.11. The second-order valence-corrected chi connectivity index (χ2v) is 3.12. The zero-order valence-electron chi connectivity index (χ0n) is 9.10. The van der Waals surface area contributed by atoms with E-state index in [2.05, 4.69) is 4.74 Å². The van der Waals surface area contributed by atoms with Crippen molar-refractivity contribution in [1.29, 1.82) is 0 Å². The molecule has 17 heavy (non-hydrogen) atoms. The molecule has 0 saturated carbocycles. The van der Waals surface area contributed by atoms with Crippen molar-refractivity contribution in [2.24, 2.45) is 0 Å². The summed E-state index contributed by atoms with van der Waals surface area (Å²) >= 11 is 0. The largest absolute Gasteiger partial charge is 0.478 e. The Morgan fingerprint density at radius 3 is 2.41 bits per heavy atom. The number of hydrogen-bond donors (Lipinski definition) is 2. The number of carboxylic acids is 1. The topological polar surface area (TPSA) is 107 Å². The fourth-order valence-corrected chi connectivity index (χ4v) is 1.26. The number of ether oxygens (including phenoxy) is 1. The Kier molecular flexibility index (Phi) is 3.82. The van der Waals surface area contributed by atoms with Crippen molar-refractivity contribution in [3.05, 3.63) is 29.3 Å². The summed E-state index contributed by atoms with van der Waals surface area (Å²) in [5.41, 5.74) is 4.89. The van der Waals surface area contributed by atoms with Crippen molar-refractivity contribution in [2.45, 2.75) is 6.92 Å². The van der Waals surface area contributed by atoms with Gasteiger partial charge in [-0.05, 0) is 19.1 Å². The average molecular weight is 237 g/mol. The maximum absolute atomic E-state index is 11.6. The van der Waals surface area contributed by atoms with Gasteiger partial charge in [0, 0.05) is 0 Å². The molecule has 0 bridgehead atoms. The van der Waals surface area contributed by atoms with Gasteiger partial charge < -0.3 is 15.6 Å². The second-order valence-electron chi connectivity index (χ2n) is 3.12. The van der Waals surface area contributed by atoms with Gasteiger partial charge in [0.2, 0.25) is 0 Å². The molecule has 1 rings (SSSR count). The summed E-state index contributed by atoms with van der Waals surface area (Å²) < 4.78 is 4.52. The first-order valence-corrected chi connectivity index (χ1v) is 4.82. The number of nitrogen functional groups attached to an aromatic ring is 1. The molecular formula is C11H11NO5. The highest BCUT2D eigenvalue weighted by Crippen LogP contribution is 2.18. The SMILES string of the molecule is CCOC(=O)C(=O)c1cccc(C(=O)O)c1N. The van der Waals surface area contributed by atoms with Crippen LogP contribution in [-0.4, -0.2) is 29.4 Å². The lowest BCUT2D eigenvalue weighted by atomic mass is 10.0. The molecule has 0 heterocycles. The number of rotatable bonds is 4. The van der Waals surface area contributed by atoms with Gasteiger partial charge in [0.15, 0.2) is 0 Å². The number of carbonyl (C=O) groups is 3. The van der Waals surface area contributed by atoms with Crippen molar-refractivity contribution < 1.29 is 24.2 Å². The van der Waals surface area contributed by atoms with Crippen molar-refractivity contribution in [3.8, 4) is 0 Å². The Hall–Kier alpha value is -2.37.